The van der Waals surface area contributed by atoms with Crippen LogP contribution in [0.5, 0.6) is 0 Å². The average Bonchev–Trinajstić information content (AvgIpc) is 3.45. The number of carbonyl (C=O) groups excluding carboxylic acids is 2. The number of thiazole rings is 1. The van der Waals surface area contributed by atoms with Gasteiger partial charge >= 0.3 is 11.9 Å². The summed E-state index contributed by atoms with van der Waals surface area (Å²) in [5.41, 5.74) is 2.67. The van der Waals surface area contributed by atoms with Gasteiger partial charge in [-0.2, -0.15) is 5.26 Å². The molecule has 0 fully saturated rings. The van der Waals surface area contributed by atoms with E-state index >= 15 is 0 Å². The van der Waals surface area contributed by atoms with Crippen LogP contribution in [0.25, 0.3) is 16.8 Å². The summed E-state index contributed by atoms with van der Waals surface area (Å²) in [6.07, 6.45) is 1.47. The van der Waals surface area contributed by atoms with Gasteiger partial charge in [-0.25, -0.2) is 14.6 Å². The van der Waals surface area contributed by atoms with Gasteiger partial charge in [-0.3, -0.25) is 0 Å². The van der Waals surface area contributed by atoms with Crippen LogP contribution < -0.4 is 5.32 Å². The number of esters is 2. The number of ether oxygens (including phenoxy) is 3. The maximum absolute atomic E-state index is 12.6. The van der Waals surface area contributed by atoms with E-state index in [0.717, 1.165) is 22.6 Å². The van der Waals surface area contributed by atoms with Crippen molar-refractivity contribution < 1.29 is 23.8 Å². The van der Waals surface area contributed by atoms with Crippen molar-refractivity contribution in [3.63, 3.8) is 0 Å². The van der Waals surface area contributed by atoms with Crippen LogP contribution in [0.1, 0.15) is 37.5 Å². The zero-order chi connectivity index (χ0) is 24.5. The number of nitriles is 1. The number of aromatic nitrogens is 1. The molecule has 0 saturated heterocycles. The predicted octanol–water partition coefficient (Wildman–Crippen LogP) is 5.14. The third-order valence-corrected chi connectivity index (χ3v) is 6.68. The molecule has 2 heterocycles. The van der Waals surface area contributed by atoms with Gasteiger partial charge in [0.05, 0.1) is 24.5 Å². The number of thiophene rings is 1. The lowest BCUT2D eigenvalue weighted by Crippen LogP contribution is -2.11. The summed E-state index contributed by atoms with van der Waals surface area (Å²) in [6, 6.07) is 11.8. The first-order valence-electron chi connectivity index (χ1n) is 10.3. The highest BCUT2D eigenvalue weighted by atomic mass is 32.1. The molecule has 34 heavy (non-hydrogen) atoms. The molecule has 176 valence electrons. The Morgan fingerprint density at radius 3 is 2.62 bits per heavy atom. The number of hydrogen-bond acceptors (Lipinski definition) is 10. The van der Waals surface area contributed by atoms with Crippen LogP contribution in [0.2, 0.25) is 0 Å². The zero-order valence-corrected chi connectivity index (χ0v) is 20.5. The highest BCUT2D eigenvalue weighted by molar-refractivity contribution is 7.18. The van der Waals surface area contributed by atoms with Gasteiger partial charge in [0.15, 0.2) is 0 Å². The molecule has 8 nitrogen and oxygen atoms in total. The quantitative estimate of drug-likeness (QED) is 0.233. The molecule has 0 radical (unpaired) electrons. The van der Waals surface area contributed by atoms with E-state index in [2.05, 4.69) is 16.4 Å². The van der Waals surface area contributed by atoms with Crippen molar-refractivity contribution in [2.45, 2.75) is 13.8 Å². The Kier molecular flexibility index (Phi) is 8.93. The molecule has 0 bridgehead atoms. The van der Waals surface area contributed by atoms with Crippen molar-refractivity contribution in [1.29, 1.82) is 5.26 Å². The van der Waals surface area contributed by atoms with Crippen LogP contribution in [-0.4, -0.2) is 43.9 Å². The number of hydrogen-bond donors (Lipinski definition) is 1. The normalized spacial score (nSPS) is 11.1. The summed E-state index contributed by atoms with van der Waals surface area (Å²) in [7, 11) is 1.51. The van der Waals surface area contributed by atoms with E-state index in [9.17, 15) is 14.9 Å². The number of nitrogens with zero attached hydrogens (tertiary/aromatic N) is 2. The minimum absolute atomic E-state index is 0.0937. The van der Waals surface area contributed by atoms with Gasteiger partial charge in [-0.1, -0.05) is 30.3 Å². The Labute approximate surface area is 205 Å². The minimum atomic E-state index is -0.567. The summed E-state index contributed by atoms with van der Waals surface area (Å²) < 4.78 is 15.3. The van der Waals surface area contributed by atoms with E-state index in [1.54, 1.807) is 13.8 Å². The smallest absolute Gasteiger partial charge is 0.348 e. The average molecular weight is 498 g/mol. The number of rotatable bonds is 10. The highest BCUT2D eigenvalue weighted by Crippen LogP contribution is 2.35. The number of carbonyl (C=O) groups is 2. The number of nitrogens with one attached hydrogen (secondary N) is 1. The second-order valence-electron chi connectivity index (χ2n) is 6.83. The third-order valence-electron chi connectivity index (χ3n) is 4.60. The van der Waals surface area contributed by atoms with Gasteiger partial charge in [0.25, 0.3) is 0 Å². The van der Waals surface area contributed by atoms with Crippen LogP contribution in [0.15, 0.2) is 41.9 Å². The van der Waals surface area contributed by atoms with Gasteiger partial charge in [0.1, 0.15) is 33.1 Å². The number of methoxy groups -OCH3 is 1. The van der Waals surface area contributed by atoms with Crippen LogP contribution in [0.3, 0.4) is 0 Å². The first-order chi connectivity index (χ1) is 16.5. The Hall–Kier alpha value is -3.52. The molecule has 3 rings (SSSR count). The van der Waals surface area contributed by atoms with Crippen molar-refractivity contribution in [1.82, 2.24) is 4.98 Å². The maximum atomic E-state index is 12.6. The molecule has 0 atom stereocenters. The molecule has 0 amide bonds. The molecule has 2 aromatic heterocycles. The maximum Gasteiger partial charge on any atom is 0.348 e. The van der Waals surface area contributed by atoms with E-state index in [1.165, 1.54) is 24.6 Å². The molecule has 1 aromatic carbocycles. The van der Waals surface area contributed by atoms with Gasteiger partial charge in [-0.15, -0.1) is 22.7 Å². The summed E-state index contributed by atoms with van der Waals surface area (Å²) in [6.45, 7) is 3.90. The van der Waals surface area contributed by atoms with Crippen molar-refractivity contribution in [3.8, 4) is 17.3 Å². The molecule has 0 aliphatic heterocycles. The molecule has 0 spiro atoms. The molecule has 0 aliphatic rings. The molecular weight excluding hydrogens is 474 g/mol. The van der Waals surface area contributed by atoms with Gasteiger partial charge in [0, 0.05) is 24.3 Å². The van der Waals surface area contributed by atoms with E-state index in [-0.39, 0.29) is 35.8 Å². The van der Waals surface area contributed by atoms with Crippen LogP contribution >= 0.6 is 22.7 Å². The lowest BCUT2D eigenvalue weighted by atomic mass is 10.1. The van der Waals surface area contributed by atoms with E-state index in [1.807, 2.05) is 35.7 Å². The standard InChI is InChI=1S/C24H23N3O5S2/c1-4-31-23(28)19-15(2)20(24(29)32-11-10-30-3)34-22(19)26-13-17(12-25)21-27-18(14-33-21)16-8-6-5-7-9-16/h5-9,13-14,26H,4,10-11H2,1-3H3/b17-13-. The molecular formula is C24H23N3O5S2. The van der Waals surface area contributed by atoms with E-state index < -0.39 is 11.9 Å². The van der Waals surface area contributed by atoms with Crippen LogP contribution in [0, 0.1) is 18.3 Å². The molecule has 0 aliphatic carbocycles. The lowest BCUT2D eigenvalue weighted by molar-refractivity contribution is 0.0393. The van der Waals surface area contributed by atoms with Crippen molar-refractivity contribution in [2.24, 2.45) is 0 Å². The van der Waals surface area contributed by atoms with Crippen molar-refractivity contribution in [3.05, 3.63) is 62.9 Å². The fraction of sp³-hybridized carbons (Fsp3) is 0.250. The topological polar surface area (TPSA) is 111 Å². The molecule has 3 aromatic rings. The predicted molar refractivity (Wildman–Crippen MR) is 132 cm³/mol. The van der Waals surface area contributed by atoms with Gasteiger partial charge < -0.3 is 19.5 Å². The second-order valence-corrected chi connectivity index (χ2v) is 8.71. The first-order valence-corrected chi connectivity index (χ1v) is 12.0. The Morgan fingerprint density at radius 2 is 1.94 bits per heavy atom. The molecule has 0 unspecified atom stereocenters. The molecule has 10 heteroatoms. The van der Waals surface area contributed by atoms with Crippen molar-refractivity contribution in [2.75, 3.05) is 32.2 Å². The monoisotopic (exact) mass is 497 g/mol. The SMILES string of the molecule is CCOC(=O)c1c(N/C=C(/C#N)c2nc(-c3ccccc3)cs2)sc(C(=O)OCCOC)c1C. The summed E-state index contributed by atoms with van der Waals surface area (Å²) in [5.74, 6) is -1.13. The number of anilines is 1. The Morgan fingerprint density at radius 1 is 1.18 bits per heavy atom. The Bertz CT molecular complexity index is 1230. The number of benzene rings is 1. The Balaban J connectivity index is 1.90. The minimum Gasteiger partial charge on any atom is -0.462 e. The highest BCUT2D eigenvalue weighted by Gasteiger charge is 2.26. The van der Waals surface area contributed by atoms with Gasteiger partial charge in [0.2, 0.25) is 0 Å². The second kappa shape index (κ2) is 12.1. The largest absolute Gasteiger partial charge is 0.462 e. The lowest BCUT2D eigenvalue weighted by Gasteiger charge is -2.05. The molecule has 1 N–H and O–H groups in total. The third kappa shape index (κ3) is 5.88. The van der Waals surface area contributed by atoms with E-state index in [4.69, 9.17) is 14.2 Å². The molecule has 0 saturated carbocycles. The fourth-order valence-corrected chi connectivity index (χ4v) is 4.81. The first kappa shape index (κ1) is 25.1. The van der Waals surface area contributed by atoms with Crippen LogP contribution in [-0.2, 0) is 14.2 Å². The zero-order valence-electron chi connectivity index (χ0n) is 18.9. The van der Waals surface area contributed by atoms with Gasteiger partial charge in [-0.05, 0) is 19.4 Å². The van der Waals surface area contributed by atoms with Crippen molar-refractivity contribution >= 4 is 45.2 Å². The summed E-state index contributed by atoms with van der Waals surface area (Å²) >= 11 is 2.40. The summed E-state index contributed by atoms with van der Waals surface area (Å²) in [5, 5.41) is 15.5. The van der Waals surface area contributed by atoms with E-state index in [0.29, 0.717) is 15.6 Å². The summed E-state index contributed by atoms with van der Waals surface area (Å²) in [4.78, 5) is 29.9. The number of allylic oxidation sites excluding steroid dienone is 1. The fourth-order valence-electron chi connectivity index (χ4n) is 2.96. The van der Waals surface area contributed by atoms with Crippen LogP contribution in [0.4, 0.5) is 5.00 Å².